The largest absolute Gasteiger partial charge is 0.396 e. The summed E-state index contributed by atoms with van der Waals surface area (Å²) in [6.45, 7) is 8.65. The van der Waals surface area contributed by atoms with Crippen LogP contribution in [-0.2, 0) is 18.4 Å². The first-order valence-electron chi connectivity index (χ1n) is 7.90. The first-order valence-corrected chi connectivity index (χ1v) is 7.90. The topological polar surface area (TPSA) is 51.2 Å². The molecule has 116 valence electrons. The highest BCUT2D eigenvalue weighted by atomic mass is 16.2. The molecule has 1 aromatic heterocycles. The Morgan fingerprint density at radius 1 is 1.19 bits per heavy atom. The van der Waals surface area contributed by atoms with Gasteiger partial charge in [-0.1, -0.05) is 26.8 Å². The van der Waals surface area contributed by atoms with Crippen LogP contribution >= 0.6 is 0 Å². The van der Waals surface area contributed by atoms with Crippen molar-refractivity contribution in [3.63, 3.8) is 0 Å². The van der Waals surface area contributed by atoms with Gasteiger partial charge in [0.2, 0.25) is 0 Å². The standard InChI is InChI=1S/C18H28N2O/c1-18(2,3)15-7-8-17-16(12-15)14(6-4-11-21)13-20(17)10-5-9-19/h7-8,12-13,21H,4-6,9-11,19H2,1-3H3. The predicted molar refractivity (Wildman–Crippen MR) is 89.7 cm³/mol. The molecule has 1 heterocycles. The Morgan fingerprint density at radius 3 is 2.57 bits per heavy atom. The SMILES string of the molecule is CC(C)(C)c1ccc2c(c1)c(CCCO)cn2CCCN. The van der Waals surface area contributed by atoms with Gasteiger partial charge in [-0.2, -0.15) is 0 Å². The van der Waals surface area contributed by atoms with Crippen molar-refractivity contribution in [2.24, 2.45) is 5.73 Å². The normalized spacial score (nSPS) is 12.2. The van der Waals surface area contributed by atoms with Crippen LogP contribution in [0.25, 0.3) is 10.9 Å². The molecular formula is C18H28N2O. The third-order valence-electron chi connectivity index (χ3n) is 4.04. The molecule has 21 heavy (non-hydrogen) atoms. The van der Waals surface area contributed by atoms with Gasteiger partial charge in [0.25, 0.3) is 0 Å². The number of aliphatic hydroxyl groups excluding tert-OH is 1. The first kappa shape index (κ1) is 16.1. The zero-order valence-electron chi connectivity index (χ0n) is 13.5. The van der Waals surface area contributed by atoms with Crippen molar-refractivity contribution in [2.75, 3.05) is 13.2 Å². The molecule has 2 rings (SSSR count). The number of fused-ring (bicyclic) bond motifs is 1. The van der Waals surface area contributed by atoms with Crippen molar-refractivity contribution >= 4 is 10.9 Å². The Balaban J connectivity index is 2.47. The fourth-order valence-electron chi connectivity index (χ4n) is 2.75. The number of aryl methyl sites for hydroxylation is 2. The Bertz CT molecular complexity index is 593. The predicted octanol–water partition coefficient (Wildman–Crippen LogP) is 3.21. The molecular weight excluding hydrogens is 260 g/mol. The minimum Gasteiger partial charge on any atom is -0.396 e. The highest BCUT2D eigenvalue weighted by Gasteiger charge is 2.16. The maximum Gasteiger partial charge on any atom is 0.0483 e. The maximum absolute atomic E-state index is 9.11. The highest BCUT2D eigenvalue weighted by molar-refractivity contribution is 5.85. The van der Waals surface area contributed by atoms with E-state index in [4.69, 9.17) is 10.8 Å². The van der Waals surface area contributed by atoms with Gasteiger partial charge in [0.05, 0.1) is 0 Å². The van der Waals surface area contributed by atoms with Gasteiger partial charge in [-0.3, -0.25) is 0 Å². The molecule has 0 unspecified atom stereocenters. The smallest absolute Gasteiger partial charge is 0.0483 e. The second-order valence-electron chi connectivity index (χ2n) is 6.80. The Kier molecular flexibility index (Phi) is 5.07. The van der Waals surface area contributed by atoms with Crippen LogP contribution in [0.5, 0.6) is 0 Å². The highest BCUT2D eigenvalue weighted by Crippen LogP contribution is 2.29. The minimum atomic E-state index is 0.155. The van der Waals surface area contributed by atoms with E-state index in [0.717, 1.165) is 25.8 Å². The quantitative estimate of drug-likeness (QED) is 0.857. The van der Waals surface area contributed by atoms with E-state index in [2.05, 4.69) is 49.7 Å². The molecule has 0 atom stereocenters. The molecule has 0 aliphatic carbocycles. The molecule has 0 saturated heterocycles. The summed E-state index contributed by atoms with van der Waals surface area (Å²) in [6, 6.07) is 6.78. The zero-order chi connectivity index (χ0) is 15.5. The van der Waals surface area contributed by atoms with Crippen LogP contribution < -0.4 is 5.73 Å². The molecule has 0 bridgehead atoms. The monoisotopic (exact) mass is 288 g/mol. The lowest BCUT2D eigenvalue weighted by Gasteiger charge is -2.19. The number of hydrogen-bond donors (Lipinski definition) is 2. The van der Waals surface area contributed by atoms with Crippen LogP contribution in [0.3, 0.4) is 0 Å². The Labute approximate surface area is 127 Å². The Morgan fingerprint density at radius 2 is 1.95 bits per heavy atom. The van der Waals surface area contributed by atoms with Gasteiger partial charge in [-0.05, 0) is 54.5 Å². The van der Waals surface area contributed by atoms with E-state index in [1.54, 1.807) is 0 Å². The maximum atomic E-state index is 9.11. The van der Waals surface area contributed by atoms with E-state index < -0.39 is 0 Å². The second kappa shape index (κ2) is 6.63. The summed E-state index contributed by atoms with van der Waals surface area (Å²) in [6.07, 6.45) is 4.97. The lowest BCUT2D eigenvalue weighted by molar-refractivity contribution is 0.288. The van der Waals surface area contributed by atoms with Gasteiger partial charge >= 0.3 is 0 Å². The van der Waals surface area contributed by atoms with E-state index in [9.17, 15) is 0 Å². The molecule has 0 aliphatic heterocycles. The van der Waals surface area contributed by atoms with Gasteiger partial charge in [0, 0.05) is 30.3 Å². The van der Waals surface area contributed by atoms with Crippen LogP contribution in [0.4, 0.5) is 0 Å². The molecule has 3 heteroatoms. The van der Waals surface area contributed by atoms with E-state index in [1.165, 1.54) is 22.0 Å². The summed E-state index contributed by atoms with van der Waals surface area (Å²) in [5.74, 6) is 0. The molecule has 2 aromatic rings. The van der Waals surface area contributed by atoms with Crippen molar-refractivity contribution < 1.29 is 5.11 Å². The zero-order valence-corrected chi connectivity index (χ0v) is 13.5. The number of nitrogens with two attached hydrogens (primary N) is 1. The molecule has 1 aromatic carbocycles. The molecule has 0 amide bonds. The Hall–Kier alpha value is -1.32. The van der Waals surface area contributed by atoms with E-state index in [0.29, 0.717) is 6.54 Å². The van der Waals surface area contributed by atoms with Crippen molar-refractivity contribution in [3.05, 3.63) is 35.5 Å². The molecule has 0 fully saturated rings. The number of aliphatic hydroxyl groups is 1. The van der Waals surface area contributed by atoms with Gasteiger partial charge in [0.15, 0.2) is 0 Å². The number of rotatable bonds is 6. The van der Waals surface area contributed by atoms with Crippen LogP contribution in [0.1, 0.15) is 44.7 Å². The summed E-state index contributed by atoms with van der Waals surface area (Å²) in [4.78, 5) is 0. The van der Waals surface area contributed by atoms with Gasteiger partial charge in [-0.25, -0.2) is 0 Å². The molecule has 0 spiro atoms. The third kappa shape index (κ3) is 3.66. The summed E-state index contributed by atoms with van der Waals surface area (Å²) in [5.41, 5.74) is 9.77. The fourth-order valence-corrected chi connectivity index (χ4v) is 2.75. The lowest BCUT2D eigenvalue weighted by Crippen LogP contribution is -2.10. The van der Waals surface area contributed by atoms with E-state index in [1.807, 2.05) is 0 Å². The number of hydrogen-bond acceptors (Lipinski definition) is 2. The summed E-state index contributed by atoms with van der Waals surface area (Å²) in [7, 11) is 0. The van der Waals surface area contributed by atoms with Crippen molar-refractivity contribution in [1.82, 2.24) is 4.57 Å². The van der Waals surface area contributed by atoms with Crippen LogP contribution in [0.15, 0.2) is 24.4 Å². The van der Waals surface area contributed by atoms with Crippen LogP contribution in [0.2, 0.25) is 0 Å². The van der Waals surface area contributed by atoms with Crippen LogP contribution in [-0.4, -0.2) is 22.8 Å². The fraction of sp³-hybridized carbons (Fsp3) is 0.556. The van der Waals surface area contributed by atoms with Crippen molar-refractivity contribution in [3.8, 4) is 0 Å². The van der Waals surface area contributed by atoms with E-state index >= 15 is 0 Å². The van der Waals surface area contributed by atoms with Crippen LogP contribution in [0, 0.1) is 0 Å². The van der Waals surface area contributed by atoms with Crippen molar-refractivity contribution in [1.29, 1.82) is 0 Å². The summed E-state index contributed by atoms with van der Waals surface area (Å²) in [5, 5.41) is 10.4. The molecule has 0 radical (unpaired) electrons. The van der Waals surface area contributed by atoms with E-state index in [-0.39, 0.29) is 12.0 Å². The molecule has 3 nitrogen and oxygen atoms in total. The summed E-state index contributed by atoms with van der Waals surface area (Å²) < 4.78 is 2.31. The average Bonchev–Trinajstić information content (AvgIpc) is 2.79. The summed E-state index contributed by atoms with van der Waals surface area (Å²) >= 11 is 0. The van der Waals surface area contributed by atoms with Gasteiger partial charge in [0.1, 0.15) is 0 Å². The molecule has 0 saturated carbocycles. The molecule has 0 aliphatic rings. The average molecular weight is 288 g/mol. The van der Waals surface area contributed by atoms with Gasteiger partial charge in [-0.15, -0.1) is 0 Å². The second-order valence-corrected chi connectivity index (χ2v) is 6.80. The lowest BCUT2D eigenvalue weighted by atomic mass is 9.86. The molecule has 3 N–H and O–H groups in total. The van der Waals surface area contributed by atoms with Crippen molar-refractivity contribution in [2.45, 2.75) is 52.0 Å². The number of nitrogens with zero attached hydrogens (tertiary/aromatic N) is 1. The first-order chi connectivity index (χ1) is 9.97. The third-order valence-corrected chi connectivity index (χ3v) is 4.04. The number of aromatic nitrogens is 1. The minimum absolute atomic E-state index is 0.155. The number of benzene rings is 1. The van der Waals surface area contributed by atoms with Gasteiger partial charge < -0.3 is 15.4 Å².